The molecular formula is C13H19N3O4. The molecule has 110 valence electrons. The molecule has 0 aromatic heterocycles. The molecule has 0 aromatic rings. The van der Waals surface area contributed by atoms with E-state index in [2.05, 4.69) is 5.32 Å². The van der Waals surface area contributed by atoms with Gasteiger partial charge in [-0.15, -0.1) is 0 Å². The molecule has 2 amide bonds. The van der Waals surface area contributed by atoms with Crippen molar-refractivity contribution in [2.24, 2.45) is 5.41 Å². The molecule has 3 saturated carbocycles. The summed E-state index contributed by atoms with van der Waals surface area (Å²) in [6.45, 7) is 3.15. The van der Waals surface area contributed by atoms with E-state index in [4.69, 9.17) is 5.11 Å². The van der Waals surface area contributed by atoms with Crippen LogP contribution in [0.25, 0.3) is 0 Å². The first-order valence-electron chi connectivity index (χ1n) is 7.17. The van der Waals surface area contributed by atoms with Crippen LogP contribution >= 0.6 is 0 Å². The number of amides is 2. The number of nitrogens with zero attached hydrogens (tertiary/aromatic N) is 2. The lowest BCUT2D eigenvalue weighted by atomic mass is 9.37. The highest BCUT2D eigenvalue weighted by Crippen LogP contribution is 2.71. The van der Waals surface area contributed by atoms with Crippen molar-refractivity contribution >= 4 is 12.0 Å². The highest BCUT2D eigenvalue weighted by Gasteiger charge is 2.75. The van der Waals surface area contributed by atoms with Gasteiger partial charge >= 0.3 is 12.0 Å². The van der Waals surface area contributed by atoms with E-state index in [9.17, 15) is 14.7 Å². The Morgan fingerprint density at radius 2 is 2.10 bits per heavy atom. The number of aliphatic hydroxyl groups is 1. The second-order valence-electron chi connectivity index (χ2n) is 6.80. The van der Waals surface area contributed by atoms with Gasteiger partial charge in [0.2, 0.25) is 0 Å². The Hall–Kier alpha value is -1.34. The molecule has 5 aliphatic rings. The molecule has 2 heterocycles. The summed E-state index contributed by atoms with van der Waals surface area (Å²) >= 11 is 0. The zero-order chi connectivity index (χ0) is 14.1. The number of fused-ring (bicyclic) bond motifs is 1. The summed E-state index contributed by atoms with van der Waals surface area (Å²) in [7, 11) is 0. The van der Waals surface area contributed by atoms with E-state index >= 15 is 0 Å². The molecule has 3 N–H and O–H groups in total. The third kappa shape index (κ3) is 1.32. The van der Waals surface area contributed by atoms with Gasteiger partial charge in [0.05, 0.1) is 6.04 Å². The zero-order valence-corrected chi connectivity index (χ0v) is 11.2. The van der Waals surface area contributed by atoms with Gasteiger partial charge < -0.3 is 25.3 Å². The normalized spacial score (nSPS) is 43.6. The van der Waals surface area contributed by atoms with Gasteiger partial charge in [0, 0.05) is 37.1 Å². The number of hydrogen-bond acceptors (Lipinski definition) is 4. The SMILES string of the molecule is O=C(O)C(O)C12CC(N3C[C@@H]4CNCCN4C3=O)(C1)C2. The summed E-state index contributed by atoms with van der Waals surface area (Å²) < 4.78 is 0. The predicted octanol–water partition coefficient (Wildman–Crippen LogP) is -0.936. The van der Waals surface area contributed by atoms with Gasteiger partial charge in [-0.2, -0.15) is 0 Å². The summed E-state index contributed by atoms with van der Waals surface area (Å²) in [5.41, 5.74) is -0.654. The van der Waals surface area contributed by atoms with Gasteiger partial charge in [0.15, 0.2) is 6.10 Å². The molecule has 0 aromatic carbocycles. The van der Waals surface area contributed by atoms with Gasteiger partial charge in [-0.1, -0.05) is 0 Å². The van der Waals surface area contributed by atoms with E-state index in [-0.39, 0.29) is 17.6 Å². The van der Waals surface area contributed by atoms with E-state index in [1.54, 1.807) is 0 Å². The first kappa shape index (κ1) is 12.4. The Balaban J connectivity index is 1.47. The zero-order valence-electron chi connectivity index (χ0n) is 11.2. The van der Waals surface area contributed by atoms with Crippen molar-refractivity contribution in [3.8, 4) is 0 Å². The fourth-order valence-electron chi connectivity index (χ4n) is 4.67. The number of nitrogens with one attached hydrogen (secondary N) is 1. The molecule has 1 unspecified atom stereocenters. The first-order chi connectivity index (χ1) is 9.47. The lowest BCUT2D eigenvalue weighted by Gasteiger charge is -2.73. The van der Waals surface area contributed by atoms with E-state index in [1.165, 1.54) is 0 Å². The number of carbonyl (C=O) groups excluding carboxylic acids is 1. The minimum Gasteiger partial charge on any atom is -0.479 e. The molecule has 2 atom stereocenters. The average Bonchev–Trinajstić information content (AvgIpc) is 2.64. The Bertz CT molecular complexity index is 474. The summed E-state index contributed by atoms with van der Waals surface area (Å²) in [6, 6.07) is 0.334. The van der Waals surface area contributed by atoms with Crippen molar-refractivity contribution in [3.63, 3.8) is 0 Å². The van der Waals surface area contributed by atoms with Gasteiger partial charge in [0.25, 0.3) is 0 Å². The highest BCUT2D eigenvalue weighted by atomic mass is 16.4. The van der Waals surface area contributed by atoms with Crippen molar-refractivity contribution in [1.29, 1.82) is 0 Å². The third-order valence-electron chi connectivity index (χ3n) is 5.65. The maximum absolute atomic E-state index is 12.5. The topological polar surface area (TPSA) is 93.1 Å². The molecule has 7 heteroatoms. The second-order valence-corrected chi connectivity index (χ2v) is 6.80. The summed E-state index contributed by atoms with van der Waals surface area (Å²) in [5.74, 6) is -1.15. The molecule has 5 fully saturated rings. The maximum Gasteiger partial charge on any atom is 0.333 e. The highest BCUT2D eigenvalue weighted by molar-refractivity contribution is 5.80. The number of piperazine rings is 1. The number of carboxylic acid groups (broad SMARTS) is 1. The molecule has 0 spiro atoms. The lowest BCUT2D eigenvalue weighted by molar-refractivity contribution is -0.249. The number of carbonyl (C=O) groups is 2. The van der Waals surface area contributed by atoms with Crippen molar-refractivity contribution in [3.05, 3.63) is 0 Å². The number of aliphatic hydroxyl groups excluding tert-OH is 1. The van der Waals surface area contributed by atoms with Gasteiger partial charge in [-0.25, -0.2) is 9.59 Å². The largest absolute Gasteiger partial charge is 0.479 e. The molecule has 2 saturated heterocycles. The van der Waals surface area contributed by atoms with E-state index in [0.29, 0.717) is 19.3 Å². The first-order valence-corrected chi connectivity index (χ1v) is 7.17. The molecular weight excluding hydrogens is 262 g/mol. The smallest absolute Gasteiger partial charge is 0.333 e. The monoisotopic (exact) mass is 281 g/mol. The number of carboxylic acids is 1. The van der Waals surface area contributed by atoms with Crippen LogP contribution in [0.15, 0.2) is 0 Å². The van der Waals surface area contributed by atoms with Crippen molar-refractivity contribution in [2.75, 3.05) is 26.2 Å². The van der Waals surface area contributed by atoms with Crippen LogP contribution in [0.3, 0.4) is 0 Å². The molecule has 0 radical (unpaired) electrons. The maximum atomic E-state index is 12.5. The van der Waals surface area contributed by atoms with Crippen molar-refractivity contribution in [1.82, 2.24) is 15.1 Å². The van der Waals surface area contributed by atoms with Crippen LogP contribution in [0.1, 0.15) is 19.3 Å². The molecule has 5 rings (SSSR count). The van der Waals surface area contributed by atoms with Crippen LogP contribution < -0.4 is 5.32 Å². The number of aliphatic carboxylic acids is 1. The summed E-state index contributed by atoms with van der Waals surface area (Å²) in [5, 5.41) is 22.0. The van der Waals surface area contributed by atoms with Crippen LogP contribution in [0.5, 0.6) is 0 Å². The van der Waals surface area contributed by atoms with Crippen LogP contribution in [0.2, 0.25) is 0 Å². The van der Waals surface area contributed by atoms with Crippen molar-refractivity contribution in [2.45, 2.75) is 36.9 Å². The predicted molar refractivity (Wildman–Crippen MR) is 68.1 cm³/mol. The standard InChI is InChI=1S/C13H19N3O4/c17-9(10(18)19)12-5-13(6-12,7-12)16-4-8-3-14-1-2-15(8)11(16)20/h8-9,14,17H,1-7H2,(H,18,19)/t8-,9?,12?,13?/m0/s1. The molecule has 2 aliphatic heterocycles. The lowest BCUT2D eigenvalue weighted by Crippen LogP contribution is -2.78. The van der Waals surface area contributed by atoms with Crippen LogP contribution in [-0.2, 0) is 4.79 Å². The number of urea groups is 1. The quantitative estimate of drug-likeness (QED) is 0.621. The van der Waals surface area contributed by atoms with E-state index in [1.807, 2.05) is 9.80 Å². The van der Waals surface area contributed by atoms with Gasteiger partial charge in [-0.05, 0) is 19.3 Å². The average molecular weight is 281 g/mol. The van der Waals surface area contributed by atoms with Crippen LogP contribution in [0, 0.1) is 5.41 Å². The number of rotatable bonds is 3. The van der Waals surface area contributed by atoms with Gasteiger partial charge in [-0.3, -0.25) is 0 Å². The minimum atomic E-state index is -1.29. The minimum absolute atomic E-state index is 0.0922. The van der Waals surface area contributed by atoms with Crippen LogP contribution in [0.4, 0.5) is 4.79 Å². The van der Waals surface area contributed by atoms with Crippen LogP contribution in [-0.4, -0.2) is 75.9 Å². The molecule has 7 nitrogen and oxygen atoms in total. The Morgan fingerprint density at radius 3 is 2.70 bits per heavy atom. The number of hydrogen-bond donors (Lipinski definition) is 3. The Morgan fingerprint density at radius 1 is 1.40 bits per heavy atom. The summed E-state index contributed by atoms with van der Waals surface area (Å²) in [6.07, 6.45) is 0.611. The Labute approximate surface area is 116 Å². The fourth-order valence-corrected chi connectivity index (χ4v) is 4.67. The molecule has 3 aliphatic carbocycles. The fraction of sp³-hybridized carbons (Fsp3) is 0.846. The molecule has 20 heavy (non-hydrogen) atoms. The Kier molecular flexibility index (Phi) is 2.26. The van der Waals surface area contributed by atoms with E-state index in [0.717, 1.165) is 26.2 Å². The summed E-state index contributed by atoms with van der Waals surface area (Å²) in [4.78, 5) is 27.2. The van der Waals surface area contributed by atoms with Crippen molar-refractivity contribution < 1.29 is 19.8 Å². The molecule has 2 bridgehead atoms. The third-order valence-corrected chi connectivity index (χ3v) is 5.65. The second kappa shape index (κ2) is 3.65. The van der Waals surface area contributed by atoms with E-state index < -0.39 is 17.5 Å². The van der Waals surface area contributed by atoms with Gasteiger partial charge in [0.1, 0.15) is 0 Å².